The highest BCUT2D eigenvalue weighted by Gasteiger charge is 2.25. The lowest BCUT2D eigenvalue weighted by atomic mass is 9.75. The number of hydrogen-bond donors (Lipinski definition) is 1. The molecule has 0 unspecified atom stereocenters. The molecule has 2 aromatic rings. The number of thiol groups is 1. The van der Waals surface area contributed by atoms with E-state index in [0.717, 1.165) is 22.3 Å². The first kappa shape index (κ1) is 25.2. The zero-order valence-corrected chi connectivity index (χ0v) is 19.7. The average Bonchev–Trinajstić information content (AvgIpc) is 2.58. The van der Waals surface area contributed by atoms with E-state index in [0.29, 0.717) is 4.90 Å². The van der Waals surface area contributed by atoms with Crippen molar-refractivity contribution < 1.29 is 12.8 Å². The molecule has 0 aromatic heterocycles. The topological polar surface area (TPSA) is 34.1 Å². The van der Waals surface area contributed by atoms with Crippen LogP contribution in [0.25, 0.3) is 11.1 Å². The summed E-state index contributed by atoms with van der Waals surface area (Å²) in [5.74, 6) is -0.0815. The Morgan fingerprint density at radius 2 is 1.59 bits per heavy atom. The molecule has 29 heavy (non-hydrogen) atoms. The molecule has 0 aliphatic carbocycles. The summed E-state index contributed by atoms with van der Waals surface area (Å²) in [6, 6.07) is 13.6. The van der Waals surface area contributed by atoms with Gasteiger partial charge < -0.3 is 0 Å². The smallest absolute Gasteiger partial charge is 0.175 e. The molecular weight excluding hydrogens is 403 g/mol. The fraction of sp³-hybridized carbons (Fsp3) is 0.333. The highest BCUT2D eigenvalue weighted by atomic mass is 32.2. The summed E-state index contributed by atoms with van der Waals surface area (Å²) < 4.78 is 37.4. The Morgan fingerprint density at radius 1 is 1.07 bits per heavy atom. The summed E-state index contributed by atoms with van der Waals surface area (Å²) >= 11 is 3.55. The van der Waals surface area contributed by atoms with Gasteiger partial charge in [-0.2, -0.15) is 12.6 Å². The molecule has 5 heteroatoms. The van der Waals surface area contributed by atoms with Crippen molar-refractivity contribution in [3.8, 4) is 0 Å². The molecule has 158 valence electrons. The monoisotopic (exact) mass is 434 g/mol. The van der Waals surface area contributed by atoms with Gasteiger partial charge in [-0.1, -0.05) is 65.5 Å². The Morgan fingerprint density at radius 3 is 1.97 bits per heavy atom. The minimum Gasteiger partial charge on any atom is -0.224 e. The summed E-state index contributed by atoms with van der Waals surface area (Å²) in [5, 5.41) is 1.44. The van der Waals surface area contributed by atoms with Gasteiger partial charge in [-0.05, 0) is 63.3 Å². The van der Waals surface area contributed by atoms with Gasteiger partial charge in [-0.15, -0.1) is 0 Å². The Bertz CT molecular complexity index is 965. The summed E-state index contributed by atoms with van der Waals surface area (Å²) in [6.07, 6.45) is 1.20. The van der Waals surface area contributed by atoms with Crippen molar-refractivity contribution in [3.63, 3.8) is 0 Å². The van der Waals surface area contributed by atoms with Crippen LogP contribution in [0.4, 0.5) is 4.39 Å². The summed E-state index contributed by atoms with van der Waals surface area (Å²) in [7, 11) is -3.24. The molecule has 0 amide bonds. The van der Waals surface area contributed by atoms with Gasteiger partial charge in [0, 0.05) is 6.26 Å². The molecule has 0 aliphatic heterocycles. The lowest BCUT2D eigenvalue weighted by Gasteiger charge is -2.30. The normalized spacial score (nSPS) is 12.7. The fourth-order valence-corrected chi connectivity index (χ4v) is 3.91. The third kappa shape index (κ3) is 7.16. The van der Waals surface area contributed by atoms with Gasteiger partial charge in [0.25, 0.3) is 0 Å². The van der Waals surface area contributed by atoms with E-state index in [1.54, 1.807) is 24.3 Å². The van der Waals surface area contributed by atoms with E-state index in [1.165, 1.54) is 17.7 Å². The van der Waals surface area contributed by atoms with Crippen molar-refractivity contribution in [3.05, 3.63) is 77.5 Å². The van der Waals surface area contributed by atoms with Gasteiger partial charge in [-0.25, -0.2) is 12.8 Å². The predicted octanol–water partition coefficient (Wildman–Crippen LogP) is 6.90. The molecule has 2 aromatic carbocycles. The molecule has 2 rings (SSSR count). The summed E-state index contributed by atoms with van der Waals surface area (Å²) in [4.78, 5) is 0.298. The van der Waals surface area contributed by atoms with Crippen LogP contribution >= 0.6 is 12.6 Å². The highest BCUT2D eigenvalue weighted by Crippen LogP contribution is 2.43. The molecule has 0 atom stereocenters. The van der Waals surface area contributed by atoms with E-state index in [2.05, 4.69) is 53.8 Å². The lowest BCUT2D eigenvalue weighted by molar-refractivity contribution is 0.564. The average molecular weight is 435 g/mol. The third-order valence-electron chi connectivity index (χ3n) is 4.30. The third-order valence-corrected chi connectivity index (χ3v) is 5.43. The van der Waals surface area contributed by atoms with Crippen molar-refractivity contribution in [2.45, 2.75) is 39.5 Å². The Balaban J connectivity index is 0.00000132. The van der Waals surface area contributed by atoms with Crippen LogP contribution in [0.2, 0.25) is 0 Å². The van der Waals surface area contributed by atoms with Gasteiger partial charge in [-0.3, -0.25) is 0 Å². The van der Waals surface area contributed by atoms with Crippen LogP contribution in [0.1, 0.15) is 45.7 Å². The maximum Gasteiger partial charge on any atom is 0.175 e. The van der Waals surface area contributed by atoms with Crippen molar-refractivity contribution >= 4 is 33.6 Å². The Labute approximate surface area is 180 Å². The Hall–Kier alpha value is -1.85. The van der Waals surface area contributed by atoms with Crippen LogP contribution in [-0.4, -0.2) is 14.7 Å². The van der Waals surface area contributed by atoms with Gasteiger partial charge in [0.05, 0.1) is 4.90 Å². The molecule has 0 bridgehead atoms. The number of allylic oxidation sites excluding steroid dienone is 2. The first-order valence-electron chi connectivity index (χ1n) is 9.39. The first-order valence-corrected chi connectivity index (χ1v) is 11.8. The number of halogens is 1. The van der Waals surface area contributed by atoms with Crippen LogP contribution in [0, 0.1) is 17.2 Å². The lowest BCUT2D eigenvalue weighted by Crippen LogP contribution is -2.13. The zero-order valence-electron chi connectivity index (χ0n) is 18.0. The van der Waals surface area contributed by atoms with E-state index < -0.39 is 9.84 Å². The minimum absolute atomic E-state index is 0.181. The second-order valence-corrected chi connectivity index (χ2v) is 10.6. The molecule has 0 heterocycles. The first-order chi connectivity index (χ1) is 13.3. The molecule has 0 spiro atoms. The molecule has 0 radical (unpaired) electrons. The largest absolute Gasteiger partial charge is 0.224 e. The second kappa shape index (κ2) is 10.3. The van der Waals surface area contributed by atoms with Gasteiger partial charge in [0.1, 0.15) is 5.82 Å². The van der Waals surface area contributed by atoms with Crippen LogP contribution in [0.15, 0.2) is 65.4 Å². The van der Waals surface area contributed by atoms with E-state index in [4.69, 9.17) is 0 Å². The number of sulfone groups is 1. The maximum atomic E-state index is 13.8. The molecule has 0 saturated carbocycles. The summed E-state index contributed by atoms with van der Waals surface area (Å²) in [6.45, 7) is 13.8. The van der Waals surface area contributed by atoms with E-state index in [9.17, 15) is 12.8 Å². The van der Waals surface area contributed by atoms with Crippen LogP contribution < -0.4 is 0 Å². The SMILES string of the molecule is C=CS.CC(C)/C(=C(/c1ccc(S(C)(=O)=O)cc1)C(C)(C)C)c1cccc(F)c1. The number of rotatable bonds is 4. The van der Waals surface area contributed by atoms with Crippen molar-refractivity contribution in [2.75, 3.05) is 6.26 Å². The van der Waals surface area contributed by atoms with Crippen LogP contribution in [0.5, 0.6) is 0 Å². The quantitative estimate of drug-likeness (QED) is 0.419. The number of hydrogen-bond acceptors (Lipinski definition) is 3. The molecule has 0 saturated heterocycles. The van der Waals surface area contributed by atoms with E-state index >= 15 is 0 Å². The molecular formula is C24H31FO2S2. The van der Waals surface area contributed by atoms with Crippen LogP contribution in [-0.2, 0) is 9.84 Å². The minimum atomic E-state index is -3.24. The van der Waals surface area contributed by atoms with Gasteiger partial charge >= 0.3 is 0 Å². The summed E-state index contributed by atoms with van der Waals surface area (Å²) in [5.41, 5.74) is 3.79. The standard InChI is InChI=1S/C22H27FO2S.C2H4S/c1-15(2)20(17-8-7-9-18(23)14-17)21(22(3,4)5)16-10-12-19(13-11-16)26(6,24)25;1-2-3/h7-15H,1-6H3;2-3H,1H2/b21-20+;. The van der Waals surface area contributed by atoms with Crippen molar-refractivity contribution in [1.82, 2.24) is 0 Å². The molecule has 0 aliphatic rings. The zero-order chi connectivity index (χ0) is 22.4. The highest BCUT2D eigenvalue weighted by molar-refractivity contribution is 7.90. The molecule has 2 nitrogen and oxygen atoms in total. The van der Waals surface area contributed by atoms with E-state index in [-0.39, 0.29) is 17.2 Å². The van der Waals surface area contributed by atoms with Crippen LogP contribution in [0.3, 0.4) is 0 Å². The maximum absolute atomic E-state index is 13.8. The van der Waals surface area contributed by atoms with E-state index in [1.807, 2.05) is 18.2 Å². The number of benzene rings is 2. The van der Waals surface area contributed by atoms with Gasteiger partial charge in [0.15, 0.2) is 9.84 Å². The Kier molecular flexibility index (Phi) is 8.91. The fourth-order valence-electron chi connectivity index (χ4n) is 3.28. The molecule has 0 fully saturated rings. The van der Waals surface area contributed by atoms with Crippen molar-refractivity contribution in [1.29, 1.82) is 0 Å². The van der Waals surface area contributed by atoms with Crippen molar-refractivity contribution in [2.24, 2.45) is 11.3 Å². The second-order valence-electron chi connectivity index (χ2n) is 8.18. The molecule has 0 N–H and O–H groups in total. The van der Waals surface area contributed by atoms with Gasteiger partial charge in [0.2, 0.25) is 0 Å². The predicted molar refractivity (Wildman–Crippen MR) is 126 cm³/mol.